The first-order valence-electron chi connectivity index (χ1n) is 4.66. The predicted molar refractivity (Wildman–Crippen MR) is 50.7 cm³/mol. The standard InChI is InChI=1S/C9H17NO4/c1-3-6(2)8(9(13)14)10-7(12)4-5-11/h6,8,11H,3-5H2,1-2H3,(H,10,12)(H,13,14)/t6-,8-/m0/s1. The quantitative estimate of drug-likeness (QED) is 0.566. The molecule has 0 aromatic carbocycles. The third-order valence-corrected chi connectivity index (χ3v) is 2.13. The second-order valence-electron chi connectivity index (χ2n) is 3.24. The number of carboxylic acid groups (broad SMARTS) is 1. The van der Waals surface area contributed by atoms with E-state index < -0.39 is 17.9 Å². The zero-order valence-electron chi connectivity index (χ0n) is 8.49. The summed E-state index contributed by atoms with van der Waals surface area (Å²) in [4.78, 5) is 21.8. The highest BCUT2D eigenvalue weighted by Gasteiger charge is 2.24. The Morgan fingerprint density at radius 3 is 2.36 bits per heavy atom. The van der Waals surface area contributed by atoms with Gasteiger partial charge in [0, 0.05) is 6.42 Å². The smallest absolute Gasteiger partial charge is 0.326 e. The molecule has 0 bridgehead atoms. The number of hydrogen-bond acceptors (Lipinski definition) is 3. The third kappa shape index (κ3) is 4.23. The van der Waals surface area contributed by atoms with Crippen LogP contribution in [0.15, 0.2) is 0 Å². The van der Waals surface area contributed by atoms with E-state index in [-0.39, 0.29) is 18.9 Å². The fourth-order valence-electron chi connectivity index (χ4n) is 1.03. The van der Waals surface area contributed by atoms with Crippen LogP contribution in [0.4, 0.5) is 0 Å². The summed E-state index contributed by atoms with van der Waals surface area (Å²) in [5.74, 6) is -1.58. The Hall–Kier alpha value is -1.10. The number of rotatable bonds is 6. The Bertz CT molecular complexity index is 205. The van der Waals surface area contributed by atoms with E-state index >= 15 is 0 Å². The molecule has 0 radical (unpaired) electrons. The van der Waals surface area contributed by atoms with Gasteiger partial charge >= 0.3 is 5.97 Å². The van der Waals surface area contributed by atoms with Crippen molar-refractivity contribution in [2.75, 3.05) is 6.61 Å². The molecular weight excluding hydrogens is 186 g/mol. The lowest BCUT2D eigenvalue weighted by molar-refractivity contribution is -0.143. The lowest BCUT2D eigenvalue weighted by Gasteiger charge is -2.19. The topological polar surface area (TPSA) is 86.6 Å². The van der Waals surface area contributed by atoms with Crippen molar-refractivity contribution in [2.45, 2.75) is 32.7 Å². The van der Waals surface area contributed by atoms with Gasteiger partial charge in [0.15, 0.2) is 0 Å². The van der Waals surface area contributed by atoms with E-state index in [0.717, 1.165) is 0 Å². The molecule has 0 fully saturated rings. The summed E-state index contributed by atoms with van der Waals surface area (Å²) >= 11 is 0. The molecule has 14 heavy (non-hydrogen) atoms. The van der Waals surface area contributed by atoms with Crippen LogP contribution in [0.2, 0.25) is 0 Å². The molecular formula is C9H17NO4. The average molecular weight is 203 g/mol. The summed E-state index contributed by atoms with van der Waals surface area (Å²) in [5, 5.41) is 19.7. The van der Waals surface area contributed by atoms with E-state index in [0.29, 0.717) is 6.42 Å². The van der Waals surface area contributed by atoms with Crippen LogP contribution in [0.3, 0.4) is 0 Å². The van der Waals surface area contributed by atoms with E-state index in [9.17, 15) is 9.59 Å². The van der Waals surface area contributed by atoms with Crippen molar-refractivity contribution in [3.05, 3.63) is 0 Å². The Kier molecular flexibility index (Phi) is 5.87. The van der Waals surface area contributed by atoms with Crippen molar-refractivity contribution in [1.29, 1.82) is 0 Å². The molecule has 2 atom stereocenters. The van der Waals surface area contributed by atoms with E-state index in [1.54, 1.807) is 6.92 Å². The maximum atomic E-state index is 11.0. The minimum Gasteiger partial charge on any atom is -0.480 e. The molecule has 0 saturated carbocycles. The molecule has 0 aliphatic carbocycles. The van der Waals surface area contributed by atoms with Gasteiger partial charge < -0.3 is 15.5 Å². The Morgan fingerprint density at radius 1 is 1.43 bits per heavy atom. The molecule has 3 N–H and O–H groups in total. The van der Waals surface area contributed by atoms with Crippen LogP contribution in [-0.2, 0) is 9.59 Å². The highest BCUT2D eigenvalue weighted by molar-refractivity contribution is 5.83. The maximum absolute atomic E-state index is 11.0. The average Bonchev–Trinajstić information content (AvgIpc) is 2.13. The van der Waals surface area contributed by atoms with Crippen LogP contribution in [-0.4, -0.2) is 34.7 Å². The zero-order valence-corrected chi connectivity index (χ0v) is 8.49. The summed E-state index contributed by atoms with van der Waals surface area (Å²) in [6, 6.07) is -0.862. The number of carbonyl (C=O) groups is 2. The van der Waals surface area contributed by atoms with Crippen molar-refractivity contribution in [2.24, 2.45) is 5.92 Å². The summed E-state index contributed by atoms with van der Waals surface area (Å²) in [5.41, 5.74) is 0. The first kappa shape index (κ1) is 12.9. The summed E-state index contributed by atoms with van der Waals surface area (Å²) in [6.45, 7) is 3.36. The Morgan fingerprint density at radius 2 is 2.00 bits per heavy atom. The largest absolute Gasteiger partial charge is 0.480 e. The lowest BCUT2D eigenvalue weighted by atomic mass is 9.99. The van der Waals surface area contributed by atoms with E-state index in [1.807, 2.05) is 6.92 Å². The Labute approximate surface area is 83.1 Å². The van der Waals surface area contributed by atoms with Gasteiger partial charge in [0.05, 0.1) is 6.61 Å². The van der Waals surface area contributed by atoms with Crippen LogP contribution in [0.5, 0.6) is 0 Å². The molecule has 0 aromatic heterocycles. The second kappa shape index (κ2) is 6.37. The number of hydrogen-bond donors (Lipinski definition) is 3. The van der Waals surface area contributed by atoms with Crippen molar-refractivity contribution in [3.63, 3.8) is 0 Å². The van der Waals surface area contributed by atoms with Crippen molar-refractivity contribution >= 4 is 11.9 Å². The minimum atomic E-state index is -1.04. The normalized spacial score (nSPS) is 14.5. The zero-order chi connectivity index (χ0) is 11.1. The van der Waals surface area contributed by atoms with Gasteiger partial charge in [0.25, 0.3) is 0 Å². The molecule has 5 heteroatoms. The second-order valence-corrected chi connectivity index (χ2v) is 3.24. The van der Waals surface area contributed by atoms with E-state index in [4.69, 9.17) is 10.2 Å². The van der Waals surface area contributed by atoms with Gasteiger partial charge in [-0.25, -0.2) is 4.79 Å². The molecule has 0 aromatic rings. The number of amides is 1. The molecule has 0 spiro atoms. The van der Waals surface area contributed by atoms with Gasteiger partial charge in [-0.1, -0.05) is 20.3 Å². The van der Waals surface area contributed by atoms with E-state index in [1.165, 1.54) is 0 Å². The van der Waals surface area contributed by atoms with Crippen molar-refractivity contribution < 1.29 is 19.8 Å². The van der Waals surface area contributed by atoms with Crippen LogP contribution >= 0.6 is 0 Å². The lowest BCUT2D eigenvalue weighted by Crippen LogP contribution is -2.45. The van der Waals surface area contributed by atoms with Gasteiger partial charge in [-0.15, -0.1) is 0 Å². The molecule has 1 amide bonds. The third-order valence-electron chi connectivity index (χ3n) is 2.13. The van der Waals surface area contributed by atoms with Gasteiger partial charge in [-0.3, -0.25) is 4.79 Å². The molecule has 0 aliphatic rings. The molecule has 0 aliphatic heterocycles. The molecule has 0 rings (SSSR count). The van der Waals surface area contributed by atoms with Crippen LogP contribution in [0.1, 0.15) is 26.7 Å². The highest BCUT2D eigenvalue weighted by atomic mass is 16.4. The van der Waals surface area contributed by atoms with Gasteiger partial charge in [0.1, 0.15) is 6.04 Å². The van der Waals surface area contributed by atoms with Gasteiger partial charge in [0.2, 0.25) is 5.91 Å². The number of nitrogens with one attached hydrogen (secondary N) is 1. The first-order valence-corrected chi connectivity index (χ1v) is 4.66. The summed E-state index contributed by atoms with van der Waals surface area (Å²) in [7, 11) is 0. The number of aliphatic hydroxyl groups is 1. The van der Waals surface area contributed by atoms with Crippen LogP contribution in [0, 0.1) is 5.92 Å². The van der Waals surface area contributed by atoms with Gasteiger partial charge in [-0.2, -0.15) is 0 Å². The Balaban J connectivity index is 4.23. The van der Waals surface area contributed by atoms with Crippen LogP contribution < -0.4 is 5.32 Å². The predicted octanol–water partition coefficient (Wildman–Crippen LogP) is -0.0157. The van der Waals surface area contributed by atoms with E-state index in [2.05, 4.69) is 5.32 Å². The summed E-state index contributed by atoms with van der Waals surface area (Å²) in [6.07, 6.45) is 0.622. The number of carboxylic acids is 1. The molecule has 0 heterocycles. The maximum Gasteiger partial charge on any atom is 0.326 e. The number of aliphatic carboxylic acids is 1. The fourth-order valence-corrected chi connectivity index (χ4v) is 1.03. The first-order chi connectivity index (χ1) is 6.52. The monoisotopic (exact) mass is 203 g/mol. The van der Waals surface area contributed by atoms with Gasteiger partial charge in [-0.05, 0) is 5.92 Å². The van der Waals surface area contributed by atoms with Crippen LogP contribution in [0.25, 0.3) is 0 Å². The minimum absolute atomic E-state index is 0.0553. The highest BCUT2D eigenvalue weighted by Crippen LogP contribution is 2.07. The molecule has 5 nitrogen and oxygen atoms in total. The molecule has 82 valence electrons. The molecule has 0 saturated heterocycles. The number of carbonyl (C=O) groups excluding carboxylic acids is 1. The SMILES string of the molecule is CC[C@H](C)[C@H](NC(=O)CCO)C(=O)O. The fraction of sp³-hybridized carbons (Fsp3) is 0.778. The number of aliphatic hydroxyl groups excluding tert-OH is 1. The van der Waals surface area contributed by atoms with Crippen molar-refractivity contribution in [3.8, 4) is 0 Å². The summed E-state index contributed by atoms with van der Waals surface area (Å²) < 4.78 is 0. The van der Waals surface area contributed by atoms with Crippen molar-refractivity contribution in [1.82, 2.24) is 5.32 Å². The molecule has 0 unspecified atom stereocenters.